The topological polar surface area (TPSA) is 3.24 Å². The molecule has 0 amide bonds. The van der Waals surface area contributed by atoms with Crippen molar-refractivity contribution >= 4 is 0 Å². The molecular weight excluding hydrogens is 230 g/mol. The molecule has 0 aromatic heterocycles. The van der Waals surface area contributed by atoms with E-state index in [1.807, 2.05) is 0 Å². The van der Waals surface area contributed by atoms with Crippen LogP contribution in [-0.4, -0.2) is 25.5 Å². The zero-order chi connectivity index (χ0) is 13.7. The normalized spacial score (nSPS) is 12.6. The van der Waals surface area contributed by atoms with Crippen LogP contribution in [-0.2, 0) is 0 Å². The fourth-order valence-electron chi connectivity index (χ4n) is 2.40. The van der Waals surface area contributed by atoms with Gasteiger partial charge in [0.2, 0.25) is 0 Å². The lowest BCUT2D eigenvalue weighted by atomic mass is 9.88. The minimum atomic E-state index is 0.490. The highest BCUT2D eigenvalue weighted by Gasteiger charge is 2.13. The number of nitrogens with zero attached hydrogens (tertiary/aromatic N) is 1. The molecule has 1 nitrogen and oxygen atoms in total. The number of aryl methyl sites for hydroxylation is 1. The van der Waals surface area contributed by atoms with Crippen molar-refractivity contribution in [2.45, 2.75) is 19.3 Å². The quantitative estimate of drug-likeness (QED) is 0.776. The molecule has 2 aromatic carbocycles. The Kier molecular flexibility index (Phi) is 4.75. The van der Waals surface area contributed by atoms with Crippen molar-refractivity contribution in [3.05, 3.63) is 71.3 Å². The van der Waals surface area contributed by atoms with E-state index in [2.05, 4.69) is 80.5 Å². The lowest BCUT2D eigenvalue weighted by Crippen LogP contribution is -2.16. The van der Waals surface area contributed by atoms with Crippen LogP contribution in [0.1, 0.15) is 29.0 Å². The van der Waals surface area contributed by atoms with Gasteiger partial charge in [-0.1, -0.05) is 60.2 Å². The van der Waals surface area contributed by atoms with Gasteiger partial charge in [-0.15, -0.1) is 0 Å². The van der Waals surface area contributed by atoms with Crippen molar-refractivity contribution in [3.63, 3.8) is 0 Å². The Bertz CT molecular complexity index is 485. The van der Waals surface area contributed by atoms with Crippen molar-refractivity contribution in [1.82, 2.24) is 4.90 Å². The highest BCUT2D eigenvalue weighted by atomic mass is 15.0. The predicted molar refractivity (Wildman–Crippen MR) is 82.6 cm³/mol. The Morgan fingerprint density at radius 1 is 0.842 bits per heavy atom. The molecule has 0 N–H and O–H groups in total. The first-order valence-corrected chi connectivity index (χ1v) is 6.93. The van der Waals surface area contributed by atoms with Crippen molar-refractivity contribution in [2.75, 3.05) is 20.6 Å². The van der Waals surface area contributed by atoms with E-state index in [1.165, 1.54) is 16.7 Å². The second kappa shape index (κ2) is 6.53. The van der Waals surface area contributed by atoms with Crippen LogP contribution >= 0.6 is 0 Å². The second-order valence-corrected chi connectivity index (χ2v) is 5.47. The van der Waals surface area contributed by atoms with E-state index in [-0.39, 0.29) is 0 Å². The van der Waals surface area contributed by atoms with Gasteiger partial charge in [0.05, 0.1) is 0 Å². The summed E-state index contributed by atoms with van der Waals surface area (Å²) in [5.41, 5.74) is 4.15. The molecule has 2 aromatic rings. The fraction of sp³-hybridized carbons (Fsp3) is 0.333. The van der Waals surface area contributed by atoms with E-state index in [9.17, 15) is 0 Å². The van der Waals surface area contributed by atoms with E-state index >= 15 is 0 Å². The first kappa shape index (κ1) is 13.8. The van der Waals surface area contributed by atoms with E-state index in [0.29, 0.717) is 5.92 Å². The number of hydrogen-bond donors (Lipinski definition) is 0. The Morgan fingerprint density at radius 3 is 2.00 bits per heavy atom. The maximum atomic E-state index is 2.27. The smallest absolute Gasteiger partial charge is 0.0101 e. The molecule has 0 saturated carbocycles. The Hall–Kier alpha value is -1.60. The van der Waals surface area contributed by atoms with Gasteiger partial charge in [0.1, 0.15) is 0 Å². The fourth-order valence-corrected chi connectivity index (χ4v) is 2.40. The van der Waals surface area contributed by atoms with Crippen LogP contribution < -0.4 is 0 Å². The minimum absolute atomic E-state index is 0.490. The summed E-state index contributed by atoms with van der Waals surface area (Å²) in [5.74, 6) is 0.490. The Labute approximate surface area is 116 Å². The predicted octanol–water partition coefficient (Wildman–Crippen LogP) is 4.08. The number of rotatable bonds is 5. The van der Waals surface area contributed by atoms with E-state index in [1.54, 1.807) is 0 Å². The minimum Gasteiger partial charge on any atom is -0.309 e. The molecule has 0 unspecified atom stereocenters. The first-order valence-electron chi connectivity index (χ1n) is 6.93. The van der Waals surface area contributed by atoms with Gasteiger partial charge in [-0.2, -0.15) is 0 Å². The maximum Gasteiger partial charge on any atom is 0.0101 e. The summed E-state index contributed by atoms with van der Waals surface area (Å²) in [7, 11) is 4.27. The van der Waals surface area contributed by atoms with Gasteiger partial charge in [0.25, 0.3) is 0 Å². The largest absolute Gasteiger partial charge is 0.309 e. The molecule has 19 heavy (non-hydrogen) atoms. The molecule has 100 valence electrons. The summed E-state index contributed by atoms with van der Waals surface area (Å²) in [6.45, 7) is 3.24. The van der Waals surface area contributed by atoms with Crippen LogP contribution in [0.3, 0.4) is 0 Å². The first-order chi connectivity index (χ1) is 9.16. The lowest BCUT2D eigenvalue weighted by Gasteiger charge is -2.20. The highest BCUT2D eigenvalue weighted by molar-refractivity contribution is 5.33. The van der Waals surface area contributed by atoms with Crippen LogP contribution in [0.5, 0.6) is 0 Å². The average molecular weight is 253 g/mol. The zero-order valence-electron chi connectivity index (χ0n) is 12.1. The molecule has 0 heterocycles. The third-order valence-corrected chi connectivity index (χ3v) is 3.55. The SMILES string of the molecule is Cc1ccc([C@H](CCN(C)C)c2ccccc2)cc1. The van der Waals surface area contributed by atoms with Crippen LogP contribution in [0.2, 0.25) is 0 Å². The van der Waals surface area contributed by atoms with Crippen LogP contribution in [0.15, 0.2) is 54.6 Å². The van der Waals surface area contributed by atoms with Gasteiger partial charge < -0.3 is 4.90 Å². The number of hydrogen-bond acceptors (Lipinski definition) is 1. The van der Waals surface area contributed by atoms with E-state index in [0.717, 1.165) is 13.0 Å². The van der Waals surface area contributed by atoms with Crippen molar-refractivity contribution in [3.8, 4) is 0 Å². The molecule has 2 rings (SSSR count). The molecule has 0 aliphatic carbocycles. The summed E-state index contributed by atoms with van der Waals surface area (Å²) in [6, 6.07) is 19.8. The average Bonchev–Trinajstić information content (AvgIpc) is 2.42. The molecule has 0 aliphatic heterocycles. The summed E-state index contributed by atoms with van der Waals surface area (Å²) >= 11 is 0. The van der Waals surface area contributed by atoms with Crippen LogP contribution in [0.25, 0.3) is 0 Å². The molecular formula is C18H23N. The molecule has 1 atom stereocenters. The van der Waals surface area contributed by atoms with Gasteiger partial charge >= 0.3 is 0 Å². The molecule has 0 radical (unpaired) electrons. The van der Waals surface area contributed by atoms with Crippen molar-refractivity contribution in [2.24, 2.45) is 0 Å². The lowest BCUT2D eigenvalue weighted by molar-refractivity contribution is 0.390. The van der Waals surface area contributed by atoms with Gasteiger partial charge in [-0.05, 0) is 45.1 Å². The summed E-state index contributed by atoms with van der Waals surface area (Å²) in [6.07, 6.45) is 1.15. The van der Waals surface area contributed by atoms with Crippen LogP contribution in [0, 0.1) is 6.92 Å². The Morgan fingerprint density at radius 2 is 1.42 bits per heavy atom. The van der Waals surface area contributed by atoms with E-state index in [4.69, 9.17) is 0 Å². The second-order valence-electron chi connectivity index (χ2n) is 5.47. The summed E-state index contributed by atoms with van der Waals surface area (Å²) in [4.78, 5) is 2.25. The van der Waals surface area contributed by atoms with Crippen LogP contribution in [0.4, 0.5) is 0 Å². The molecule has 0 saturated heterocycles. The molecule has 1 heteroatoms. The van der Waals surface area contributed by atoms with E-state index < -0.39 is 0 Å². The Balaban J connectivity index is 2.26. The summed E-state index contributed by atoms with van der Waals surface area (Å²) in [5, 5.41) is 0. The maximum absolute atomic E-state index is 2.27. The van der Waals surface area contributed by atoms with Gasteiger partial charge in [0.15, 0.2) is 0 Å². The third kappa shape index (κ3) is 3.93. The molecule has 0 fully saturated rings. The monoisotopic (exact) mass is 253 g/mol. The molecule has 0 spiro atoms. The van der Waals surface area contributed by atoms with Gasteiger partial charge in [-0.3, -0.25) is 0 Å². The van der Waals surface area contributed by atoms with Gasteiger partial charge in [-0.25, -0.2) is 0 Å². The standard InChI is InChI=1S/C18H23N/c1-15-9-11-17(12-10-15)18(13-14-19(2)3)16-7-5-4-6-8-16/h4-12,18H,13-14H2,1-3H3/t18-/m1/s1. The summed E-state index contributed by atoms with van der Waals surface area (Å²) < 4.78 is 0. The van der Waals surface area contributed by atoms with Crippen molar-refractivity contribution in [1.29, 1.82) is 0 Å². The van der Waals surface area contributed by atoms with Crippen molar-refractivity contribution < 1.29 is 0 Å². The third-order valence-electron chi connectivity index (χ3n) is 3.55. The highest BCUT2D eigenvalue weighted by Crippen LogP contribution is 2.28. The number of benzene rings is 2. The zero-order valence-corrected chi connectivity index (χ0v) is 12.1. The van der Waals surface area contributed by atoms with Gasteiger partial charge in [0, 0.05) is 5.92 Å². The molecule has 0 bridgehead atoms. The molecule has 0 aliphatic rings.